The van der Waals surface area contributed by atoms with Gasteiger partial charge in [-0.1, -0.05) is 34.6 Å². The zero-order valence-corrected chi connectivity index (χ0v) is 20.0. The maximum atomic E-state index is 11.4. The second-order valence-corrected chi connectivity index (χ2v) is 11.5. The molecule has 4 heteroatoms. The average molecular weight is 423 g/mol. The van der Waals surface area contributed by atoms with Crippen LogP contribution in [0.15, 0.2) is 0 Å². The maximum Gasteiger partial charge on any atom is 0.120 e. The predicted octanol–water partition coefficient (Wildman–Crippen LogP) is 4.85. The van der Waals surface area contributed by atoms with Gasteiger partial charge in [-0.15, -0.1) is 0 Å². The number of carbonyl (C=O) groups excluding carboxylic acids is 1. The Balaban J connectivity index is 1.76. The average Bonchev–Trinajstić information content (AvgIpc) is 2.73. The van der Waals surface area contributed by atoms with Crippen molar-refractivity contribution in [2.75, 3.05) is 13.2 Å². The first kappa shape index (κ1) is 24.2. The van der Waals surface area contributed by atoms with Gasteiger partial charge in [-0.25, -0.2) is 0 Å². The minimum absolute atomic E-state index is 0.0886. The number of ether oxygens (including phenoxy) is 1. The van der Waals surface area contributed by atoms with Crippen molar-refractivity contribution in [1.82, 2.24) is 0 Å². The number of aliphatic hydroxyl groups is 2. The third-order valence-corrected chi connectivity index (χ3v) is 10.5. The molecule has 10 atom stereocenters. The van der Waals surface area contributed by atoms with Gasteiger partial charge in [0.2, 0.25) is 0 Å². The Hall–Kier alpha value is -0.450. The summed E-state index contributed by atoms with van der Waals surface area (Å²) in [5, 5.41) is 20.5. The summed E-state index contributed by atoms with van der Waals surface area (Å²) in [6.07, 6.45) is 9.31. The molecule has 0 aromatic heterocycles. The largest absolute Gasteiger partial charge is 0.394 e. The molecule has 4 nitrogen and oxygen atoms in total. The normalized spacial score (nSPS) is 45.8. The topological polar surface area (TPSA) is 66.8 Å². The van der Waals surface area contributed by atoms with Gasteiger partial charge >= 0.3 is 0 Å². The van der Waals surface area contributed by atoms with Crippen LogP contribution in [0.4, 0.5) is 0 Å². The molecule has 3 aliphatic rings. The van der Waals surface area contributed by atoms with Crippen LogP contribution in [0.25, 0.3) is 0 Å². The van der Waals surface area contributed by atoms with E-state index >= 15 is 0 Å². The van der Waals surface area contributed by atoms with Crippen LogP contribution >= 0.6 is 0 Å². The molecule has 30 heavy (non-hydrogen) atoms. The minimum Gasteiger partial charge on any atom is -0.394 e. The van der Waals surface area contributed by atoms with Crippen LogP contribution in [0.2, 0.25) is 0 Å². The number of carbonyl (C=O) groups is 1. The standard InChI is InChI=1S/C26H46O4/c1-17(7-6-12-27)18(2)25(4)11-9-22-24(19(25)3)23(29)16-20-15-21(30-14-13-28)8-10-26(20,22)5/h12,17-24,28-29H,6-11,13-16H2,1-5H3/t17-,18?,19?,20?,21?,22?,23?,24?,25?,26?/m1/s1. The van der Waals surface area contributed by atoms with Gasteiger partial charge in [-0.05, 0) is 91.3 Å². The van der Waals surface area contributed by atoms with Crippen molar-refractivity contribution in [3.8, 4) is 0 Å². The molecule has 0 aromatic rings. The summed E-state index contributed by atoms with van der Waals surface area (Å²) in [6.45, 7) is 12.6. The summed E-state index contributed by atoms with van der Waals surface area (Å²) in [5.74, 6) is 3.05. The molecular weight excluding hydrogens is 376 g/mol. The fourth-order valence-electron chi connectivity index (χ4n) is 7.97. The first-order valence-electron chi connectivity index (χ1n) is 12.5. The second-order valence-electron chi connectivity index (χ2n) is 11.5. The minimum atomic E-state index is -0.225. The Morgan fingerprint density at radius 1 is 1.17 bits per heavy atom. The second kappa shape index (κ2) is 9.58. The number of hydrogen-bond acceptors (Lipinski definition) is 4. The molecule has 0 amide bonds. The zero-order chi connectivity index (χ0) is 22.1. The molecule has 0 aliphatic heterocycles. The highest BCUT2D eigenvalue weighted by Crippen LogP contribution is 2.64. The van der Waals surface area contributed by atoms with E-state index in [1.54, 1.807) is 0 Å². The Labute approximate surface area is 184 Å². The number of rotatable bonds is 8. The molecular formula is C26H46O4. The van der Waals surface area contributed by atoms with Crippen molar-refractivity contribution in [2.24, 2.45) is 46.3 Å². The molecule has 3 aliphatic carbocycles. The van der Waals surface area contributed by atoms with Crippen LogP contribution in [-0.2, 0) is 9.53 Å². The quantitative estimate of drug-likeness (QED) is 0.549. The number of aliphatic hydroxyl groups excluding tert-OH is 2. The molecule has 174 valence electrons. The summed E-state index contributed by atoms with van der Waals surface area (Å²) < 4.78 is 5.89. The molecule has 3 rings (SSSR count). The summed E-state index contributed by atoms with van der Waals surface area (Å²) in [4.78, 5) is 10.9. The highest BCUT2D eigenvalue weighted by molar-refractivity contribution is 5.49. The van der Waals surface area contributed by atoms with Crippen molar-refractivity contribution in [1.29, 1.82) is 0 Å². The molecule has 0 saturated heterocycles. The van der Waals surface area contributed by atoms with E-state index in [1.165, 1.54) is 19.3 Å². The van der Waals surface area contributed by atoms with Gasteiger partial charge in [-0.3, -0.25) is 0 Å². The highest BCUT2D eigenvalue weighted by Gasteiger charge is 2.59. The van der Waals surface area contributed by atoms with Crippen LogP contribution < -0.4 is 0 Å². The summed E-state index contributed by atoms with van der Waals surface area (Å²) >= 11 is 0. The maximum absolute atomic E-state index is 11.4. The van der Waals surface area contributed by atoms with E-state index in [2.05, 4.69) is 34.6 Å². The fraction of sp³-hybridized carbons (Fsp3) is 0.962. The summed E-state index contributed by atoms with van der Waals surface area (Å²) in [5.41, 5.74) is 0.514. The zero-order valence-electron chi connectivity index (χ0n) is 20.0. The van der Waals surface area contributed by atoms with Gasteiger partial charge in [0.15, 0.2) is 0 Å². The van der Waals surface area contributed by atoms with Gasteiger partial charge in [0.25, 0.3) is 0 Å². The number of fused-ring (bicyclic) bond motifs is 3. The van der Waals surface area contributed by atoms with E-state index in [9.17, 15) is 9.90 Å². The van der Waals surface area contributed by atoms with Crippen LogP contribution in [0.1, 0.15) is 86.0 Å². The Morgan fingerprint density at radius 3 is 2.57 bits per heavy atom. The van der Waals surface area contributed by atoms with Crippen molar-refractivity contribution < 1.29 is 19.7 Å². The molecule has 0 spiro atoms. The van der Waals surface area contributed by atoms with E-state index in [0.29, 0.717) is 54.0 Å². The predicted molar refractivity (Wildman–Crippen MR) is 120 cm³/mol. The van der Waals surface area contributed by atoms with E-state index in [4.69, 9.17) is 9.84 Å². The van der Waals surface area contributed by atoms with E-state index < -0.39 is 0 Å². The summed E-state index contributed by atoms with van der Waals surface area (Å²) in [6, 6.07) is 0. The molecule has 0 radical (unpaired) electrons. The lowest BCUT2D eigenvalue weighted by Crippen LogP contribution is -2.59. The van der Waals surface area contributed by atoms with Crippen LogP contribution in [-0.4, -0.2) is 41.9 Å². The van der Waals surface area contributed by atoms with Crippen molar-refractivity contribution in [3.63, 3.8) is 0 Å². The number of hydrogen-bond donors (Lipinski definition) is 2. The Kier molecular flexibility index (Phi) is 7.73. The van der Waals surface area contributed by atoms with Gasteiger partial charge in [0, 0.05) is 6.42 Å². The van der Waals surface area contributed by atoms with Crippen LogP contribution in [0.3, 0.4) is 0 Å². The molecule has 2 N–H and O–H groups in total. The lowest BCUT2D eigenvalue weighted by atomic mass is 9.42. The van der Waals surface area contributed by atoms with E-state index in [1.807, 2.05) is 0 Å². The van der Waals surface area contributed by atoms with Crippen molar-refractivity contribution in [2.45, 2.75) is 98.2 Å². The highest BCUT2D eigenvalue weighted by atomic mass is 16.5. The molecule has 0 bridgehead atoms. The molecule has 9 unspecified atom stereocenters. The molecule has 0 heterocycles. The third-order valence-electron chi connectivity index (χ3n) is 10.5. The number of aldehydes is 1. The molecule has 3 saturated carbocycles. The Bertz CT molecular complexity index is 579. The monoisotopic (exact) mass is 422 g/mol. The Morgan fingerprint density at radius 2 is 1.90 bits per heavy atom. The first-order chi connectivity index (χ1) is 14.2. The molecule has 0 aromatic carbocycles. The fourth-order valence-corrected chi connectivity index (χ4v) is 7.97. The van der Waals surface area contributed by atoms with Gasteiger partial charge in [0.1, 0.15) is 6.29 Å². The van der Waals surface area contributed by atoms with Gasteiger partial charge in [-0.2, -0.15) is 0 Å². The SMILES string of the molecule is CC1C2C(O)CC3CC(OCCO)CCC3(C)C2CCC1(C)C(C)[C@H](C)CCC=O. The van der Waals surface area contributed by atoms with Crippen LogP contribution in [0, 0.1) is 46.3 Å². The van der Waals surface area contributed by atoms with Crippen molar-refractivity contribution >= 4 is 6.29 Å². The first-order valence-corrected chi connectivity index (χ1v) is 12.5. The lowest BCUT2D eigenvalue weighted by molar-refractivity contribution is -0.184. The van der Waals surface area contributed by atoms with Gasteiger partial charge in [0.05, 0.1) is 25.4 Å². The summed E-state index contributed by atoms with van der Waals surface area (Å²) in [7, 11) is 0. The van der Waals surface area contributed by atoms with E-state index in [-0.39, 0.29) is 24.2 Å². The molecule has 3 fully saturated rings. The lowest BCUT2D eigenvalue weighted by Gasteiger charge is -2.63. The van der Waals surface area contributed by atoms with Gasteiger partial charge < -0.3 is 19.7 Å². The smallest absolute Gasteiger partial charge is 0.120 e. The van der Waals surface area contributed by atoms with E-state index in [0.717, 1.165) is 32.0 Å². The van der Waals surface area contributed by atoms with Crippen LogP contribution in [0.5, 0.6) is 0 Å². The third kappa shape index (κ3) is 4.26. The van der Waals surface area contributed by atoms with Crippen molar-refractivity contribution in [3.05, 3.63) is 0 Å².